The van der Waals surface area contributed by atoms with Crippen LogP contribution in [0.15, 0.2) is 12.4 Å². The molecule has 4 nitrogen and oxygen atoms in total. The monoisotopic (exact) mass is 201 g/mol. The number of hydrogen-bond acceptors (Lipinski definition) is 4. The lowest BCUT2D eigenvalue weighted by Gasteiger charge is -2.26. The Labute approximate surface area is 88.3 Å². The van der Waals surface area contributed by atoms with Crippen LogP contribution in [0.5, 0.6) is 0 Å². The SMILES string of the molecule is C#Cc1cc(N2CCC(=O)CC2)ncn1. The highest BCUT2D eigenvalue weighted by Crippen LogP contribution is 2.15. The normalized spacial score (nSPS) is 16.2. The molecule has 1 aliphatic heterocycles. The predicted octanol–water partition coefficient (Wildman–Crippen LogP) is 0.627. The Kier molecular flexibility index (Phi) is 2.64. The van der Waals surface area contributed by atoms with E-state index in [-0.39, 0.29) is 0 Å². The zero-order chi connectivity index (χ0) is 10.7. The number of nitrogens with zero attached hydrogens (tertiary/aromatic N) is 3. The van der Waals surface area contributed by atoms with E-state index in [9.17, 15) is 4.79 Å². The van der Waals surface area contributed by atoms with Crippen molar-refractivity contribution in [3.63, 3.8) is 0 Å². The van der Waals surface area contributed by atoms with Crippen molar-refractivity contribution in [2.24, 2.45) is 0 Å². The lowest BCUT2D eigenvalue weighted by atomic mass is 10.1. The molecule has 1 saturated heterocycles. The van der Waals surface area contributed by atoms with Gasteiger partial charge in [0.2, 0.25) is 0 Å². The fourth-order valence-corrected chi connectivity index (χ4v) is 1.58. The third-order valence-corrected chi connectivity index (χ3v) is 2.45. The van der Waals surface area contributed by atoms with E-state index in [0.29, 0.717) is 24.3 Å². The quantitative estimate of drug-likeness (QED) is 0.625. The van der Waals surface area contributed by atoms with Gasteiger partial charge in [-0.3, -0.25) is 4.79 Å². The summed E-state index contributed by atoms with van der Waals surface area (Å²) in [5, 5.41) is 0. The molecule has 2 heterocycles. The average molecular weight is 201 g/mol. The number of rotatable bonds is 1. The third kappa shape index (κ3) is 2.13. The number of hydrogen-bond donors (Lipinski definition) is 0. The third-order valence-electron chi connectivity index (χ3n) is 2.45. The standard InChI is InChI=1S/C11H11N3O/c1-2-9-7-11(13-8-12-9)14-5-3-10(15)4-6-14/h1,7-8H,3-6H2. The molecule has 1 aliphatic rings. The molecule has 1 aromatic rings. The molecule has 2 rings (SSSR count). The van der Waals surface area contributed by atoms with E-state index in [1.165, 1.54) is 6.33 Å². The molecule has 0 aliphatic carbocycles. The summed E-state index contributed by atoms with van der Waals surface area (Å²) in [7, 11) is 0. The van der Waals surface area contributed by atoms with Gasteiger partial charge in [0.05, 0.1) is 0 Å². The summed E-state index contributed by atoms with van der Waals surface area (Å²) in [4.78, 5) is 21.2. The van der Waals surface area contributed by atoms with Gasteiger partial charge in [0, 0.05) is 32.0 Å². The average Bonchev–Trinajstić information content (AvgIpc) is 2.30. The van der Waals surface area contributed by atoms with Crippen molar-refractivity contribution in [2.75, 3.05) is 18.0 Å². The molecule has 0 unspecified atom stereocenters. The van der Waals surface area contributed by atoms with Crippen molar-refractivity contribution in [1.29, 1.82) is 0 Å². The molecule has 0 spiro atoms. The fraction of sp³-hybridized carbons (Fsp3) is 0.364. The van der Waals surface area contributed by atoms with Gasteiger partial charge in [-0.15, -0.1) is 6.42 Å². The van der Waals surface area contributed by atoms with Crippen molar-refractivity contribution in [1.82, 2.24) is 9.97 Å². The van der Waals surface area contributed by atoms with Gasteiger partial charge < -0.3 is 4.90 Å². The van der Waals surface area contributed by atoms with E-state index in [1.54, 1.807) is 6.07 Å². The van der Waals surface area contributed by atoms with Crippen LogP contribution in [-0.4, -0.2) is 28.8 Å². The molecule has 15 heavy (non-hydrogen) atoms. The van der Waals surface area contributed by atoms with Gasteiger partial charge >= 0.3 is 0 Å². The minimum atomic E-state index is 0.317. The van der Waals surface area contributed by atoms with E-state index in [0.717, 1.165) is 18.9 Å². The topological polar surface area (TPSA) is 46.1 Å². The van der Waals surface area contributed by atoms with E-state index >= 15 is 0 Å². The maximum Gasteiger partial charge on any atom is 0.136 e. The highest BCUT2D eigenvalue weighted by atomic mass is 16.1. The molecular formula is C11H11N3O. The molecule has 0 N–H and O–H groups in total. The maximum atomic E-state index is 11.1. The molecule has 0 amide bonds. The Morgan fingerprint density at radius 1 is 1.33 bits per heavy atom. The molecule has 76 valence electrons. The summed E-state index contributed by atoms with van der Waals surface area (Å²) in [6.45, 7) is 1.44. The first-order valence-electron chi connectivity index (χ1n) is 4.85. The second-order valence-electron chi connectivity index (χ2n) is 3.43. The van der Waals surface area contributed by atoms with E-state index in [2.05, 4.69) is 20.8 Å². The molecule has 4 heteroatoms. The Morgan fingerprint density at radius 2 is 2.07 bits per heavy atom. The van der Waals surface area contributed by atoms with Crippen LogP contribution in [0.1, 0.15) is 18.5 Å². The first kappa shape index (κ1) is 9.66. The predicted molar refractivity (Wildman–Crippen MR) is 56.4 cm³/mol. The van der Waals surface area contributed by atoms with E-state index < -0.39 is 0 Å². The van der Waals surface area contributed by atoms with Crippen molar-refractivity contribution in [3.8, 4) is 12.3 Å². The molecule has 1 fully saturated rings. The van der Waals surface area contributed by atoms with Crippen molar-refractivity contribution >= 4 is 11.6 Å². The number of Topliss-reactive ketones (excluding diaryl/α,β-unsaturated/α-hetero) is 1. The Hall–Kier alpha value is -1.89. The lowest BCUT2D eigenvalue weighted by Crippen LogP contribution is -2.34. The van der Waals surface area contributed by atoms with Gasteiger partial charge in [-0.05, 0) is 0 Å². The first-order valence-corrected chi connectivity index (χ1v) is 4.85. The Balaban J connectivity index is 2.16. The van der Waals surface area contributed by atoms with Crippen LogP contribution in [0.2, 0.25) is 0 Å². The molecule has 0 atom stereocenters. The molecule has 0 bridgehead atoms. The van der Waals surface area contributed by atoms with Gasteiger partial charge in [-0.1, -0.05) is 5.92 Å². The van der Waals surface area contributed by atoms with Crippen molar-refractivity contribution < 1.29 is 4.79 Å². The summed E-state index contributed by atoms with van der Waals surface area (Å²) in [6, 6.07) is 1.77. The minimum absolute atomic E-state index is 0.317. The highest BCUT2D eigenvalue weighted by Gasteiger charge is 2.17. The first-order chi connectivity index (χ1) is 7.29. The number of anilines is 1. The number of carbonyl (C=O) groups excluding carboxylic acids is 1. The van der Waals surface area contributed by atoms with Gasteiger partial charge in [0.15, 0.2) is 0 Å². The van der Waals surface area contributed by atoms with E-state index in [4.69, 9.17) is 6.42 Å². The molecule has 0 aromatic carbocycles. The Bertz CT molecular complexity index is 412. The van der Waals surface area contributed by atoms with Crippen LogP contribution < -0.4 is 4.90 Å². The number of ketones is 1. The molecule has 0 radical (unpaired) electrons. The highest BCUT2D eigenvalue weighted by molar-refractivity contribution is 5.80. The van der Waals surface area contributed by atoms with Gasteiger partial charge in [-0.25, -0.2) is 9.97 Å². The molecule has 1 aromatic heterocycles. The van der Waals surface area contributed by atoms with Crippen molar-refractivity contribution in [2.45, 2.75) is 12.8 Å². The van der Waals surface area contributed by atoms with Crippen LogP contribution in [0.4, 0.5) is 5.82 Å². The van der Waals surface area contributed by atoms with Gasteiger partial charge in [-0.2, -0.15) is 0 Å². The summed E-state index contributed by atoms with van der Waals surface area (Å²) >= 11 is 0. The van der Waals surface area contributed by atoms with Crippen LogP contribution in [0, 0.1) is 12.3 Å². The molecular weight excluding hydrogens is 190 g/mol. The number of carbonyl (C=O) groups is 1. The second-order valence-corrected chi connectivity index (χ2v) is 3.43. The van der Waals surface area contributed by atoms with Crippen LogP contribution in [-0.2, 0) is 4.79 Å². The fourth-order valence-electron chi connectivity index (χ4n) is 1.58. The van der Waals surface area contributed by atoms with Crippen LogP contribution in [0.25, 0.3) is 0 Å². The summed E-state index contributed by atoms with van der Waals surface area (Å²) in [6.07, 6.45) is 7.90. The zero-order valence-electron chi connectivity index (χ0n) is 8.31. The van der Waals surface area contributed by atoms with Crippen LogP contribution >= 0.6 is 0 Å². The summed E-state index contributed by atoms with van der Waals surface area (Å²) < 4.78 is 0. The summed E-state index contributed by atoms with van der Waals surface area (Å²) in [5.41, 5.74) is 0.580. The number of terminal acetylenes is 1. The van der Waals surface area contributed by atoms with Gasteiger partial charge in [0.1, 0.15) is 23.6 Å². The Morgan fingerprint density at radius 3 is 2.73 bits per heavy atom. The van der Waals surface area contributed by atoms with Crippen molar-refractivity contribution in [3.05, 3.63) is 18.1 Å². The minimum Gasteiger partial charge on any atom is -0.356 e. The maximum absolute atomic E-state index is 11.1. The number of piperidine rings is 1. The van der Waals surface area contributed by atoms with Crippen LogP contribution in [0.3, 0.4) is 0 Å². The smallest absolute Gasteiger partial charge is 0.136 e. The number of aromatic nitrogens is 2. The summed E-state index contributed by atoms with van der Waals surface area (Å²) in [5.74, 6) is 3.60. The largest absolute Gasteiger partial charge is 0.356 e. The second kappa shape index (κ2) is 4.09. The van der Waals surface area contributed by atoms with Gasteiger partial charge in [0.25, 0.3) is 0 Å². The molecule has 0 saturated carbocycles. The zero-order valence-corrected chi connectivity index (χ0v) is 8.31. The van der Waals surface area contributed by atoms with E-state index in [1.807, 2.05) is 0 Å². The lowest BCUT2D eigenvalue weighted by molar-refractivity contribution is -0.119.